The molecule has 1 aliphatic rings. The summed E-state index contributed by atoms with van der Waals surface area (Å²) in [5, 5.41) is 12.8. The number of amides is 1. The lowest BCUT2D eigenvalue weighted by molar-refractivity contribution is -0.122. The zero-order valence-corrected chi connectivity index (χ0v) is 15.0. The van der Waals surface area contributed by atoms with Gasteiger partial charge in [0.2, 0.25) is 5.91 Å². The van der Waals surface area contributed by atoms with Crippen molar-refractivity contribution in [2.75, 3.05) is 33.9 Å². The Morgan fingerprint density at radius 1 is 1.33 bits per heavy atom. The Hall–Kier alpha value is -1.43. The number of nitrogens with one attached hydrogen (secondary N) is 1. The molecule has 2 rings (SSSR count). The summed E-state index contributed by atoms with van der Waals surface area (Å²) in [6.45, 7) is 2.96. The van der Waals surface area contributed by atoms with Gasteiger partial charge in [-0.15, -0.1) is 0 Å². The minimum atomic E-state index is -0.578. The number of carbonyl (C=O) groups is 1. The van der Waals surface area contributed by atoms with Crippen LogP contribution in [0.5, 0.6) is 0 Å². The number of rotatable bonds is 8. The van der Waals surface area contributed by atoms with E-state index < -0.39 is 6.10 Å². The lowest BCUT2D eigenvalue weighted by Crippen LogP contribution is -2.40. The Morgan fingerprint density at radius 3 is 2.75 bits per heavy atom. The first-order chi connectivity index (χ1) is 11.5. The van der Waals surface area contributed by atoms with Crippen molar-refractivity contribution in [1.82, 2.24) is 10.2 Å². The molecule has 2 atom stereocenters. The second-order valence-electron chi connectivity index (χ2n) is 6.83. The Balaban J connectivity index is 1.85. The van der Waals surface area contributed by atoms with Gasteiger partial charge in [0.15, 0.2) is 0 Å². The summed E-state index contributed by atoms with van der Waals surface area (Å²) in [6.07, 6.45) is 4.27. The molecule has 0 aromatic heterocycles. The smallest absolute Gasteiger partial charge is 0.234 e. The molecule has 1 amide bonds. The topological polar surface area (TPSA) is 61.8 Å². The number of likely N-dealkylation sites (N-methyl/N-ethyl adjacent to an activating group) is 1. The van der Waals surface area contributed by atoms with E-state index in [9.17, 15) is 9.90 Å². The molecule has 5 nitrogen and oxygen atoms in total. The van der Waals surface area contributed by atoms with E-state index in [1.807, 2.05) is 14.0 Å². The van der Waals surface area contributed by atoms with E-state index in [-0.39, 0.29) is 25.1 Å². The Morgan fingerprint density at radius 2 is 2.04 bits per heavy atom. The third-order valence-electron chi connectivity index (χ3n) is 4.55. The molecule has 1 aromatic carbocycles. The van der Waals surface area contributed by atoms with Gasteiger partial charge in [-0.05, 0) is 56.3 Å². The fraction of sp³-hybridized carbons (Fsp3) is 0.632. The van der Waals surface area contributed by atoms with Crippen LogP contribution in [-0.2, 0) is 22.4 Å². The van der Waals surface area contributed by atoms with Crippen molar-refractivity contribution in [1.29, 1.82) is 0 Å². The Labute approximate surface area is 145 Å². The van der Waals surface area contributed by atoms with Crippen LogP contribution in [0.1, 0.15) is 42.5 Å². The summed E-state index contributed by atoms with van der Waals surface area (Å²) in [5.41, 5.74) is 4.04. The predicted octanol–water partition coefficient (Wildman–Crippen LogP) is 1.68. The molecule has 0 bridgehead atoms. The van der Waals surface area contributed by atoms with E-state index in [0.717, 1.165) is 12.0 Å². The lowest BCUT2D eigenvalue weighted by Gasteiger charge is -2.22. The fourth-order valence-corrected chi connectivity index (χ4v) is 3.31. The van der Waals surface area contributed by atoms with E-state index in [2.05, 4.69) is 23.5 Å². The lowest BCUT2D eigenvalue weighted by atomic mass is 9.89. The number of hydrogen-bond acceptors (Lipinski definition) is 4. The SMILES string of the molecule is COCC(O)CN(C)CC(=O)NC(C)c1ccc2c(c1)CCCC2. The van der Waals surface area contributed by atoms with Crippen LogP contribution in [0.4, 0.5) is 0 Å². The van der Waals surface area contributed by atoms with Crippen LogP contribution in [0.15, 0.2) is 18.2 Å². The summed E-state index contributed by atoms with van der Waals surface area (Å²) in [4.78, 5) is 14.0. The number of aliphatic hydroxyl groups is 1. The van der Waals surface area contributed by atoms with Gasteiger partial charge in [-0.2, -0.15) is 0 Å². The Bertz CT molecular complexity index is 547. The number of carbonyl (C=O) groups excluding carboxylic acids is 1. The third kappa shape index (κ3) is 5.58. The van der Waals surface area contributed by atoms with E-state index in [1.165, 1.54) is 30.4 Å². The number of ether oxygens (including phenoxy) is 1. The van der Waals surface area contributed by atoms with Crippen LogP contribution in [0.2, 0.25) is 0 Å². The van der Waals surface area contributed by atoms with E-state index in [0.29, 0.717) is 6.54 Å². The third-order valence-corrected chi connectivity index (χ3v) is 4.55. The van der Waals surface area contributed by atoms with E-state index in [1.54, 1.807) is 12.0 Å². The number of fused-ring (bicyclic) bond motifs is 1. The van der Waals surface area contributed by atoms with Gasteiger partial charge in [-0.3, -0.25) is 9.69 Å². The number of aryl methyl sites for hydroxylation is 2. The van der Waals surface area contributed by atoms with Gasteiger partial charge in [0.05, 0.1) is 25.3 Å². The molecular formula is C19H30N2O3. The van der Waals surface area contributed by atoms with Crippen molar-refractivity contribution in [2.45, 2.75) is 44.8 Å². The quantitative estimate of drug-likeness (QED) is 0.759. The van der Waals surface area contributed by atoms with Crippen LogP contribution in [0.3, 0.4) is 0 Å². The first-order valence-electron chi connectivity index (χ1n) is 8.76. The summed E-state index contributed by atoms with van der Waals surface area (Å²) in [6, 6.07) is 6.56. The molecule has 0 radical (unpaired) electrons. The van der Waals surface area contributed by atoms with Gasteiger partial charge < -0.3 is 15.2 Å². The molecule has 24 heavy (non-hydrogen) atoms. The monoisotopic (exact) mass is 334 g/mol. The summed E-state index contributed by atoms with van der Waals surface area (Å²) < 4.78 is 4.90. The Kier molecular flexibility index (Phi) is 7.21. The normalized spacial score (nSPS) is 16.5. The highest BCUT2D eigenvalue weighted by Gasteiger charge is 2.16. The maximum Gasteiger partial charge on any atom is 0.234 e. The highest BCUT2D eigenvalue weighted by Crippen LogP contribution is 2.24. The van der Waals surface area contributed by atoms with Crippen LogP contribution in [-0.4, -0.2) is 55.9 Å². The minimum absolute atomic E-state index is 0.0120. The predicted molar refractivity (Wildman–Crippen MR) is 95.0 cm³/mol. The first-order valence-corrected chi connectivity index (χ1v) is 8.76. The second kappa shape index (κ2) is 9.16. The van der Waals surface area contributed by atoms with Gasteiger partial charge >= 0.3 is 0 Å². The number of hydrogen-bond donors (Lipinski definition) is 2. The van der Waals surface area contributed by atoms with Crippen LogP contribution in [0.25, 0.3) is 0 Å². The maximum atomic E-state index is 12.2. The average Bonchev–Trinajstić information content (AvgIpc) is 2.54. The minimum Gasteiger partial charge on any atom is -0.389 e. The molecule has 5 heteroatoms. The maximum absolute atomic E-state index is 12.2. The van der Waals surface area contributed by atoms with Crippen molar-refractivity contribution >= 4 is 5.91 Å². The molecule has 0 fully saturated rings. The largest absolute Gasteiger partial charge is 0.389 e. The number of aliphatic hydroxyl groups excluding tert-OH is 1. The van der Waals surface area contributed by atoms with E-state index in [4.69, 9.17) is 4.74 Å². The molecule has 2 unspecified atom stereocenters. The standard InChI is InChI=1S/C19H30N2O3/c1-14(16-9-8-15-6-4-5-7-17(15)10-16)20-19(23)12-21(2)11-18(22)13-24-3/h8-10,14,18,22H,4-7,11-13H2,1-3H3,(H,20,23). The molecule has 0 heterocycles. The molecular weight excluding hydrogens is 304 g/mol. The molecule has 0 spiro atoms. The molecule has 134 valence electrons. The van der Waals surface area contributed by atoms with Crippen molar-refractivity contribution in [3.63, 3.8) is 0 Å². The molecule has 0 saturated carbocycles. The summed E-state index contributed by atoms with van der Waals surface area (Å²) in [5.74, 6) is -0.0349. The molecule has 0 aliphatic heterocycles. The van der Waals surface area contributed by atoms with Crippen LogP contribution < -0.4 is 5.32 Å². The summed E-state index contributed by atoms with van der Waals surface area (Å²) in [7, 11) is 3.37. The average molecular weight is 334 g/mol. The van der Waals surface area contributed by atoms with Crippen molar-refractivity contribution in [3.8, 4) is 0 Å². The molecule has 2 N–H and O–H groups in total. The first kappa shape index (κ1) is 18.9. The number of benzene rings is 1. The van der Waals surface area contributed by atoms with Gasteiger partial charge in [-0.25, -0.2) is 0 Å². The van der Waals surface area contributed by atoms with Crippen LogP contribution in [0, 0.1) is 0 Å². The van der Waals surface area contributed by atoms with Gasteiger partial charge in [-0.1, -0.05) is 18.2 Å². The number of nitrogens with zero attached hydrogens (tertiary/aromatic N) is 1. The van der Waals surface area contributed by atoms with Crippen molar-refractivity contribution < 1.29 is 14.6 Å². The van der Waals surface area contributed by atoms with Crippen molar-refractivity contribution in [2.24, 2.45) is 0 Å². The van der Waals surface area contributed by atoms with Crippen molar-refractivity contribution in [3.05, 3.63) is 34.9 Å². The van der Waals surface area contributed by atoms with Gasteiger partial charge in [0.1, 0.15) is 0 Å². The summed E-state index contributed by atoms with van der Waals surface area (Å²) >= 11 is 0. The van der Waals surface area contributed by atoms with Gasteiger partial charge in [0, 0.05) is 13.7 Å². The van der Waals surface area contributed by atoms with E-state index >= 15 is 0 Å². The van der Waals surface area contributed by atoms with Crippen LogP contribution >= 0.6 is 0 Å². The second-order valence-corrected chi connectivity index (χ2v) is 6.83. The molecule has 1 aromatic rings. The number of methoxy groups -OCH3 is 1. The highest BCUT2D eigenvalue weighted by atomic mass is 16.5. The fourth-order valence-electron chi connectivity index (χ4n) is 3.31. The van der Waals surface area contributed by atoms with Gasteiger partial charge in [0.25, 0.3) is 0 Å². The zero-order valence-electron chi connectivity index (χ0n) is 15.0. The molecule has 1 aliphatic carbocycles. The molecule has 0 saturated heterocycles. The highest BCUT2D eigenvalue weighted by molar-refractivity contribution is 5.78. The zero-order chi connectivity index (χ0) is 17.5.